The highest BCUT2D eigenvalue weighted by molar-refractivity contribution is 4.78. The van der Waals surface area contributed by atoms with E-state index in [1.807, 2.05) is 0 Å². The van der Waals surface area contributed by atoms with Gasteiger partial charge in [0, 0.05) is 32.2 Å². The summed E-state index contributed by atoms with van der Waals surface area (Å²) in [5, 5.41) is 5.04. The highest BCUT2D eigenvalue weighted by Crippen LogP contribution is 2.17. The van der Waals surface area contributed by atoms with Crippen molar-refractivity contribution in [2.75, 3.05) is 39.3 Å². The number of hydrogen-bond acceptors (Lipinski definition) is 3. The van der Waals surface area contributed by atoms with E-state index in [4.69, 9.17) is 0 Å². The van der Waals surface area contributed by atoms with Crippen molar-refractivity contribution < 1.29 is 0 Å². The van der Waals surface area contributed by atoms with Crippen LogP contribution in [-0.4, -0.2) is 60.2 Å². The molecule has 1 unspecified atom stereocenters. The lowest BCUT2D eigenvalue weighted by Gasteiger charge is -2.43. The van der Waals surface area contributed by atoms with Crippen molar-refractivity contribution >= 4 is 0 Å². The molecule has 1 rings (SSSR count). The van der Waals surface area contributed by atoms with Gasteiger partial charge in [-0.05, 0) is 25.9 Å². The van der Waals surface area contributed by atoms with Crippen molar-refractivity contribution in [1.29, 1.82) is 0 Å². The number of rotatable bonds is 6. The molecule has 3 nitrogen and oxygen atoms in total. The van der Waals surface area contributed by atoms with E-state index >= 15 is 0 Å². The van der Waals surface area contributed by atoms with Crippen LogP contribution in [0.1, 0.15) is 40.5 Å². The second-order valence-electron chi connectivity index (χ2n) is 4.57. The van der Waals surface area contributed by atoms with Crippen molar-refractivity contribution in [3.63, 3.8) is 0 Å². The van der Waals surface area contributed by atoms with Gasteiger partial charge in [-0.2, -0.15) is 0 Å². The first kappa shape index (κ1) is 13.9. The molecule has 96 valence electrons. The van der Waals surface area contributed by atoms with E-state index < -0.39 is 0 Å². The summed E-state index contributed by atoms with van der Waals surface area (Å²) in [7, 11) is 0. The Labute approximate surface area is 101 Å². The molecule has 0 saturated carbocycles. The summed E-state index contributed by atoms with van der Waals surface area (Å²) in [6, 6.07) is 0.768. The summed E-state index contributed by atoms with van der Waals surface area (Å²) in [6.07, 6.45) is 2.72. The maximum Gasteiger partial charge on any atom is 0.0289 e. The van der Waals surface area contributed by atoms with Gasteiger partial charge in [-0.3, -0.25) is 4.90 Å². The second-order valence-corrected chi connectivity index (χ2v) is 4.57. The Morgan fingerprint density at radius 1 is 1.00 bits per heavy atom. The third-order valence-corrected chi connectivity index (χ3v) is 3.83. The quantitative estimate of drug-likeness (QED) is 0.687. The Bertz CT molecular complexity index is 158. The molecule has 0 radical (unpaired) electrons. The van der Waals surface area contributed by atoms with E-state index in [0.717, 1.165) is 19.1 Å². The minimum absolute atomic E-state index is 0.768. The van der Waals surface area contributed by atoms with Gasteiger partial charge >= 0.3 is 0 Å². The third-order valence-electron chi connectivity index (χ3n) is 3.83. The van der Waals surface area contributed by atoms with E-state index in [1.165, 1.54) is 39.0 Å². The summed E-state index contributed by atoms with van der Waals surface area (Å²) in [5.41, 5.74) is 0. The molecule has 0 amide bonds. The van der Waals surface area contributed by atoms with Crippen molar-refractivity contribution in [2.45, 2.75) is 46.6 Å². The smallest absolute Gasteiger partial charge is 0.0289 e. The zero-order chi connectivity index (χ0) is 12.0. The molecule has 1 heterocycles. The summed E-state index contributed by atoms with van der Waals surface area (Å²) in [4.78, 5) is 2.61. The second kappa shape index (κ2) is 7.25. The third kappa shape index (κ3) is 3.44. The molecule has 0 bridgehead atoms. The first-order chi connectivity index (χ1) is 7.76. The standard InChI is InChI=1S/C13H29N3/c1-5-14(6-2)13-10-9-11-16(12-13)15(7-3)8-4/h13H,5-12H2,1-4H3. The molecular formula is C13H29N3. The Hall–Kier alpha value is -0.120. The van der Waals surface area contributed by atoms with Crippen LogP contribution in [0.25, 0.3) is 0 Å². The van der Waals surface area contributed by atoms with Crippen LogP contribution in [0.3, 0.4) is 0 Å². The van der Waals surface area contributed by atoms with Gasteiger partial charge in [-0.15, -0.1) is 0 Å². The average Bonchev–Trinajstić information content (AvgIpc) is 2.33. The summed E-state index contributed by atoms with van der Waals surface area (Å²) in [5.74, 6) is 0. The maximum atomic E-state index is 2.61. The van der Waals surface area contributed by atoms with Gasteiger partial charge in [0.25, 0.3) is 0 Å². The minimum Gasteiger partial charge on any atom is -0.300 e. The molecule has 1 atom stereocenters. The monoisotopic (exact) mass is 227 g/mol. The van der Waals surface area contributed by atoms with Gasteiger partial charge in [0.15, 0.2) is 0 Å². The van der Waals surface area contributed by atoms with Crippen molar-refractivity contribution in [1.82, 2.24) is 14.9 Å². The van der Waals surface area contributed by atoms with Crippen LogP contribution in [0, 0.1) is 0 Å². The summed E-state index contributed by atoms with van der Waals surface area (Å²) >= 11 is 0. The van der Waals surface area contributed by atoms with Crippen LogP contribution >= 0.6 is 0 Å². The largest absolute Gasteiger partial charge is 0.300 e. The molecule has 0 aromatic rings. The van der Waals surface area contributed by atoms with Gasteiger partial charge in [0.1, 0.15) is 0 Å². The Balaban J connectivity index is 2.51. The van der Waals surface area contributed by atoms with E-state index in [1.54, 1.807) is 0 Å². The molecule has 1 aliphatic heterocycles. The van der Waals surface area contributed by atoms with Crippen LogP contribution < -0.4 is 0 Å². The van der Waals surface area contributed by atoms with E-state index in [9.17, 15) is 0 Å². The van der Waals surface area contributed by atoms with Crippen molar-refractivity contribution in [2.24, 2.45) is 0 Å². The lowest BCUT2D eigenvalue weighted by molar-refractivity contribution is -0.0569. The highest BCUT2D eigenvalue weighted by Gasteiger charge is 2.25. The molecule has 0 spiro atoms. The maximum absolute atomic E-state index is 2.61. The highest BCUT2D eigenvalue weighted by atomic mass is 15.6. The molecular weight excluding hydrogens is 198 g/mol. The molecule has 1 saturated heterocycles. The van der Waals surface area contributed by atoms with Crippen LogP contribution in [0.2, 0.25) is 0 Å². The lowest BCUT2D eigenvalue weighted by Crippen LogP contribution is -2.53. The molecule has 1 aliphatic rings. The predicted molar refractivity (Wildman–Crippen MR) is 70.4 cm³/mol. The van der Waals surface area contributed by atoms with E-state index in [2.05, 4.69) is 42.6 Å². The summed E-state index contributed by atoms with van der Waals surface area (Å²) in [6.45, 7) is 16.2. The van der Waals surface area contributed by atoms with Gasteiger partial charge in [-0.1, -0.05) is 27.7 Å². The minimum atomic E-state index is 0.768. The molecule has 0 aromatic heterocycles. The fourth-order valence-electron chi connectivity index (χ4n) is 2.85. The molecule has 3 heteroatoms. The number of nitrogens with zero attached hydrogens (tertiary/aromatic N) is 3. The van der Waals surface area contributed by atoms with Crippen molar-refractivity contribution in [3.8, 4) is 0 Å². The predicted octanol–water partition coefficient (Wildman–Crippen LogP) is 2.05. The van der Waals surface area contributed by atoms with Crippen LogP contribution in [-0.2, 0) is 0 Å². The first-order valence-corrected chi connectivity index (χ1v) is 7.00. The van der Waals surface area contributed by atoms with E-state index in [-0.39, 0.29) is 0 Å². The molecule has 0 aliphatic carbocycles. The van der Waals surface area contributed by atoms with E-state index in [0.29, 0.717) is 0 Å². The van der Waals surface area contributed by atoms with Gasteiger partial charge in [0.2, 0.25) is 0 Å². The SMILES string of the molecule is CCN(CC)C1CCCN(N(CC)CC)C1. The van der Waals surface area contributed by atoms with Gasteiger partial charge in [-0.25, -0.2) is 10.0 Å². The Morgan fingerprint density at radius 3 is 2.12 bits per heavy atom. The van der Waals surface area contributed by atoms with Crippen LogP contribution in [0.4, 0.5) is 0 Å². The first-order valence-electron chi connectivity index (χ1n) is 7.00. The molecule has 1 fully saturated rings. The van der Waals surface area contributed by atoms with Crippen LogP contribution in [0.15, 0.2) is 0 Å². The number of likely N-dealkylation sites (N-methyl/N-ethyl adjacent to an activating group) is 1. The van der Waals surface area contributed by atoms with Gasteiger partial charge < -0.3 is 0 Å². The fourth-order valence-corrected chi connectivity index (χ4v) is 2.85. The molecule has 0 aromatic carbocycles. The summed E-state index contributed by atoms with van der Waals surface area (Å²) < 4.78 is 0. The molecule has 16 heavy (non-hydrogen) atoms. The average molecular weight is 227 g/mol. The number of piperidine rings is 1. The normalized spacial score (nSPS) is 23.2. The Morgan fingerprint density at radius 2 is 1.62 bits per heavy atom. The zero-order valence-corrected chi connectivity index (χ0v) is 11.6. The van der Waals surface area contributed by atoms with Crippen LogP contribution in [0.5, 0.6) is 0 Å². The number of hydrogen-bond donors (Lipinski definition) is 0. The van der Waals surface area contributed by atoms with Crippen molar-refractivity contribution in [3.05, 3.63) is 0 Å². The zero-order valence-electron chi connectivity index (χ0n) is 11.6. The topological polar surface area (TPSA) is 9.72 Å². The molecule has 0 N–H and O–H groups in total. The Kier molecular flexibility index (Phi) is 6.32. The lowest BCUT2D eigenvalue weighted by atomic mass is 10.1. The number of hydrazine groups is 1. The fraction of sp³-hybridized carbons (Fsp3) is 1.00. The van der Waals surface area contributed by atoms with Gasteiger partial charge in [0.05, 0.1) is 0 Å².